The van der Waals surface area contributed by atoms with E-state index in [9.17, 15) is 4.79 Å². The predicted molar refractivity (Wildman–Crippen MR) is 73.3 cm³/mol. The molecule has 0 aliphatic carbocycles. The molecule has 0 spiro atoms. The van der Waals surface area contributed by atoms with Crippen molar-refractivity contribution in [1.29, 1.82) is 0 Å². The summed E-state index contributed by atoms with van der Waals surface area (Å²) in [6.45, 7) is 1.10. The van der Waals surface area contributed by atoms with Crippen molar-refractivity contribution in [3.8, 4) is 22.6 Å². The van der Waals surface area contributed by atoms with Crippen LogP contribution in [0.3, 0.4) is 0 Å². The highest BCUT2D eigenvalue weighted by Gasteiger charge is 2.13. The highest BCUT2D eigenvalue weighted by atomic mass is 35.5. The van der Waals surface area contributed by atoms with E-state index < -0.39 is 0 Å². The first kappa shape index (κ1) is 12.1. The molecule has 2 aromatic carbocycles. The van der Waals surface area contributed by atoms with Crippen molar-refractivity contribution < 1.29 is 14.3 Å². The van der Waals surface area contributed by atoms with Gasteiger partial charge in [-0.1, -0.05) is 23.7 Å². The summed E-state index contributed by atoms with van der Waals surface area (Å²) in [6, 6.07) is 10.9. The fourth-order valence-corrected chi connectivity index (χ4v) is 2.29. The molecule has 0 aromatic heterocycles. The van der Waals surface area contributed by atoms with Crippen LogP contribution < -0.4 is 9.47 Å². The Morgan fingerprint density at radius 2 is 1.79 bits per heavy atom. The van der Waals surface area contributed by atoms with Crippen molar-refractivity contribution in [1.82, 2.24) is 0 Å². The quantitative estimate of drug-likeness (QED) is 0.785. The van der Waals surface area contributed by atoms with E-state index in [1.165, 1.54) is 0 Å². The zero-order chi connectivity index (χ0) is 13.2. The number of rotatable bonds is 2. The number of carbonyl (C=O) groups is 1. The van der Waals surface area contributed by atoms with Gasteiger partial charge in [-0.05, 0) is 35.4 Å². The Morgan fingerprint density at radius 3 is 2.58 bits per heavy atom. The van der Waals surface area contributed by atoms with Gasteiger partial charge in [0.15, 0.2) is 17.8 Å². The van der Waals surface area contributed by atoms with Gasteiger partial charge >= 0.3 is 0 Å². The van der Waals surface area contributed by atoms with Gasteiger partial charge in [0, 0.05) is 10.6 Å². The predicted octanol–water partition coefficient (Wildman–Crippen LogP) is 3.59. The Morgan fingerprint density at radius 1 is 1.00 bits per heavy atom. The van der Waals surface area contributed by atoms with Crippen molar-refractivity contribution in [3.05, 3.63) is 47.0 Å². The topological polar surface area (TPSA) is 35.5 Å². The third-order valence-electron chi connectivity index (χ3n) is 2.99. The molecule has 0 radical (unpaired) electrons. The van der Waals surface area contributed by atoms with Crippen molar-refractivity contribution in [2.24, 2.45) is 0 Å². The molecule has 4 heteroatoms. The fourth-order valence-electron chi connectivity index (χ4n) is 2.10. The van der Waals surface area contributed by atoms with E-state index in [1.807, 2.05) is 24.3 Å². The minimum absolute atomic E-state index is 0.539. The van der Waals surface area contributed by atoms with Crippen LogP contribution in [0.1, 0.15) is 10.4 Å². The number of halogens is 1. The molecule has 0 N–H and O–H groups in total. The van der Waals surface area contributed by atoms with Gasteiger partial charge in [0.1, 0.15) is 13.2 Å². The first-order valence-corrected chi connectivity index (χ1v) is 6.30. The molecule has 0 atom stereocenters. The van der Waals surface area contributed by atoms with E-state index >= 15 is 0 Å². The fraction of sp³-hybridized carbons (Fsp3) is 0.133. The second-order valence-corrected chi connectivity index (χ2v) is 4.64. The van der Waals surface area contributed by atoms with E-state index in [0.717, 1.165) is 23.2 Å². The number of ether oxygens (including phenoxy) is 2. The lowest BCUT2D eigenvalue weighted by atomic mass is 10.00. The van der Waals surface area contributed by atoms with E-state index in [-0.39, 0.29) is 0 Å². The zero-order valence-electron chi connectivity index (χ0n) is 10.1. The van der Waals surface area contributed by atoms with Crippen LogP contribution >= 0.6 is 11.6 Å². The summed E-state index contributed by atoms with van der Waals surface area (Å²) in [6.07, 6.45) is 0.804. The molecule has 0 bridgehead atoms. The second-order valence-electron chi connectivity index (χ2n) is 4.21. The highest BCUT2D eigenvalue weighted by molar-refractivity contribution is 6.31. The molecule has 3 nitrogen and oxygen atoms in total. The van der Waals surface area contributed by atoms with E-state index in [1.54, 1.807) is 12.1 Å². The molecule has 1 heterocycles. The van der Waals surface area contributed by atoms with Gasteiger partial charge in [-0.15, -0.1) is 0 Å². The first-order valence-electron chi connectivity index (χ1n) is 5.93. The van der Waals surface area contributed by atoms with Crippen molar-refractivity contribution in [2.75, 3.05) is 13.2 Å². The number of benzene rings is 2. The third-order valence-corrected chi connectivity index (χ3v) is 3.23. The standard InChI is InChI=1S/C15H11ClO3/c16-12-2-3-13(11(7-12)9-17)10-1-4-14-15(8-10)19-6-5-18-14/h1-4,7-9H,5-6H2. The van der Waals surface area contributed by atoms with Crippen LogP contribution in [0.2, 0.25) is 5.02 Å². The van der Waals surface area contributed by atoms with Crippen LogP contribution in [-0.4, -0.2) is 19.5 Å². The first-order chi connectivity index (χ1) is 9.28. The number of hydrogen-bond acceptors (Lipinski definition) is 3. The number of carbonyl (C=O) groups excluding carboxylic acids is 1. The Kier molecular flexibility index (Phi) is 3.13. The number of hydrogen-bond donors (Lipinski definition) is 0. The largest absolute Gasteiger partial charge is 0.486 e. The lowest BCUT2D eigenvalue weighted by Crippen LogP contribution is -2.15. The number of fused-ring (bicyclic) bond motifs is 1. The lowest BCUT2D eigenvalue weighted by Gasteiger charge is -2.19. The third kappa shape index (κ3) is 2.29. The Balaban J connectivity index is 2.09. The SMILES string of the molecule is O=Cc1cc(Cl)ccc1-c1ccc2c(c1)OCCO2. The maximum atomic E-state index is 11.1. The Labute approximate surface area is 115 Å². The van der Waals surface area contributed by atoms with Gasteiger partial charge in [0.25, 0.3) is 0 Å². The van der Waals surface area contributed by atoms with Crippen LogP contribution in [0.15, 0.2) is 36.4 Å². The monoisotopic (exact) mass is 274 g/mol. The maximum Gasteiger partial charge on any atom is 0.161 e. The molecule has 0 saturated carbocycles. The summed E-state index contributed by atoms with van der Waals surface area (Å²) >= 11 is 5.89. The van der Waals surface area contributed by atoms with Gasteiger partial charge in [0.2, 0.25) is 0 Å². The highest BCUT2D eigenvalue weighted by Crippen LogP contribution is 2.35. The molecule has 1 aliphatic rings. The van der Waals surface area contributed by atoms with Gasteiger partial charge in [-0.3, -0.25) is 4.79 Å². The maximum absolute atomic E-state index is 11.1. The van der Waals surface area contributed by atoms with Gasteiger partial charge < -0.3 is 9.47 Å². The van der Waals surface area contributed by atoms with Crippen LogP contribution in [0.4, 0.5) is 0 Å². The Hall–Kier alpha value is -2.00. The molecule has 0 fully saturated rings. The van der Waals surface area contributed by atoms with Gasteiger partial charge in [0.05, 0.1) is 0 Å². The molecule has 19 heavy (non-hydrogen) atoms. The summed E-state index contributed by atoms with van der Waals surface area (Å²) in [5.41, 5.74) is 2.29. The molecule has 2 aromatic rings. The molecule has 96 valence electrons. The molecular formula is C15H11ClO3. The minimum Gasteiger partial charge on any atom is -0.486 e. The second kappa shape index (κ2) is 4.94. The summed E-state index contributed by atoms with van der Waals surface area (Å²) < 4.78 is 11.0. The molecule has 1 aliphatic heterocycles. The van der Waals surface area contributed by atoms with Crippen molar-refractivity contribution >= 4 is 17.9 Å². The van der Waals surface area contributed by atoms with Crippen LogP contribution in [-0.2, 0) is 0 Å². The van der Waals surface area contributed by atoms with Gasteiger partial charge in [-0.25, -0.2) is 0 Å². The van der Waals surface area contributed by atoms with Crippen molar-refractivity contribution in [2.45, 2.75) is 0 Å². The van der Waals surface area contributed by atoms with E-state index in [2.05, 4.69) is 0 Å². The summed E-state index contributed by atoms with van der Waals surface area (Å²) in [5, 5.41) is 0.545. The van der Waals surface area contributed by atoms with Crippen LogP contribution in [0.5, 0.6) is 11.5 Å². The Bertz CT molecular complexity index is 637. The normalized spacial score (nSPS) is 13.1. The molecule has 3 rings (SSSR count). The van der Waals surface area contributed by atoms with E-state index in [0.29, 0.717) is 29.5 Å². The van der Waals surface area contributed by atoms with E-state index in [4.69, 9.17) is 21.1 Å². The molecule has 0 unspecified atom stereocenters. The van der Waals surface area contributed by atoms with Crippen LogP contribution in [0.25, 0.3) is 11.1 Å². The zero-order valence-corrected chi connectivity index (χ0v) is 10.8. The smallest absolute Gasteiger partial charge is 0.161 e. The summed E-state index contributed by atoms with van der Waals surface area (Å²) in [7, 11) is 0. The molecule has 0 saturated heterocycles. The van der Waals surface area contributed by atoms with Crippen molar-refractivity contribution in [3.63, 3.8) is 0 Å². The molecular weight excluding hydrogens is 264 g/mol. The van der Waals surface area contributed by atoms with Crippen LogP contribution in [0, 0.1) is 0 Å². The lowest BCUT2D eigenvalue weighted by molar-refractivity contribution is 0.112. The van der Waals surface area contributed by atoms with Gasteiger partial charge in [-0.2, -0.15) is 0 Å². The number of aldehydes is 1. The average molecular weight is 275 g/mol. The summed E-state index contributed by atoms with van der Waals surface area (Å²) in [4.78, 5) is 11.1. The average Bonchev–Trinajstić information content (AvgIpc) is 2.46. The minimum atomic E-state index is 0.539. The molecule has 0 amide bonds. The summed E-state index contributed by atoms with van der Waals surface area (Å²) in [5.74, 6) is 1.44.